The van der Waals surface area contributed by atoms with Gasteiger partial charge in [-0.2, -0.15) is 0 Å². The van der Waals surface area contributed by atoms with Crippen molar-refractivity contribution in [2.24, 2.45) is 22.2 Å². The molecule has 0 amide bonds. The summed E-state index contributed by atoms with van der Waals surface area (Å²) in [4.78, 5) is 6.84. The van der Waals surface area contributed by atoms with Crippen LogP contribution in [0.1, 0.15) is 46.0 Å². The molecule has 3 fully saturated rings. The highest BCUT2D eigenvalue weighted by molar-refractivity contribution is 14.0. The zero-order valence-electron chi connectivity index (χ0n) is 16.3. The molecule has 3 atom stereocenters. The van der Waals surface area contributed by atoms with Crippen molar-refractivity contribution in [1.82, 2.24) is 10.2 Å². The van der Waals surface area contributed by atoms with Crippen molar-refractivity contribution < 1.29 is 9.47 Å². The largest absolute Gasteiger partial charge is 0.381 e. The summed E-state index contributed by atoms with van der Waals surface area (Å²) in [6.45, 7) is 8.50. The Hall–Kier alpha value is -0.0800. The Morgan fingerprint density at radius 2 is 1.92 bits per heavy atom. The van der Waals surface area contributed by atoms with E-state index in [-0.39, 0.29) is 29.4 Å². The highest BCUT2D eigenvalue weighted by Gasteiger charge is 2.58. The Labute approximate surface area is 170 Å². The molecule has 2 aliphatic heterocycles. The maximum absolute atomic E-state index is 6.02. The summed E-state index contributed by atoms with van der Waals surface area (Å²) in [5.74, 6) is 2.47. The van der Waals surface area contributed by atoms with Gasteiger partial charge < -0.3 is 19.7 Å². The third-order valence-electron chi connectivity index (χ3n) is 6.40. The lowest BCUT2D eigenvalue weighted by Gasteiger charge is -2.60. The summed E-state index contributed by atoms with van der Waals surface area (Å²) in [7, 11) is 4.06. The minimum atomic E-state index is 0. The molecule has 2 saturated heterocycles. The van der Waals surface area contributed by atoms with Gasteiger partial charge in [0.15, 0.2) is 5.96 Å². The predicted molar refractivity (Wildman–Crippen MR) is 113 cm³/mol. The van der Waals surface area contributed by atoms with Gasteiger partial charge in [0.1, 0.15) is 0 Å². The van der Waals surface area contributed by atoms with Crippen LogP contribution in [0.5, 0.6) is 0 Å². The molecule has 3 aliphatic rings. The summed E-state index contributed by atoms with van der Waals surface area (Å²) in [6.07, 6.45) is 6.51. The molecule has 3 rings (SSSR count). The van der Waals surface area contributed by atoms with Gasteiger partial charge in [-0.15, -0.1) is 24.0 Å². The molecule has 2 heterocycles. The van der Waals surface area contributed by atoms with Crippen LogP contribution < -0.4 is 5.32 Å². The molecule has 25 heavy (non-hydrogen) atoms. The van der Waals surface area contributed by atoms with Crippen LogP contribution in [0.4, 0.5) is 0 Å². The first-order valence-corrected chi connectivity index (χ1v) is 9.68. The van der Waals surface area contributed by atoms with E-state index >= 15 is 0 Å². The van der Waals surface area contributed by atoms with Crippen LogP contribution in [0.25, 0.3) is 0 Å². The Morgan fingerprint density at radius 1 is 1.20 bits per heavy atom. The van der Waals surface area contributed by atoms with Crippen molar-refractivity contribution in [3.05, 3.63) is 0 Å². The first-order valence-electron chi connectivity index (χ1n) is 9.68. The number of halogens is 1. The number of ether oxygens (including phenoxy) is 2. The van der Waals surface area contributed by atoms with Gasteiger partial charge >= 0.3 is 0 Å². The van der Waals surface area contributed by atoms with Crippen molar-refractivity contribution in [1.29, 1.82) is 0 Å². The molecular formula is C19H36IN3O2. The van der Waals surface area contributed by atoms with Gasteiger partial charge in [0, 0.05) is 57.8 Å². The Balaban J connectivity index is 0.00000225. The number of guanidine groups is 1. The molecule has 0 aromatic rings. The number of hydrogen-bond acceptors (Lipinski definition) is 3. The standard InChI is InChI=1S/C19H35N3O2.HI/c1-19(2)16(15-6-5-11-24-17(15)19)21-18(20-3)22(4)10-7-14-8-12-23-13-9-14;/h14-17H,5-13H2,1-4H3,(H,20,21);1H. The highest BCUT2D eigenvalue weighted by Crippen LogP contribution is 2.51. The minimum absolute atomic E-state index is 0. The van der Waals surface area contributed by atoms with E-state index in [2.05, 4.69) is 36.1 Å². The van der Waals surface area contributed by atoms with Crippen molar-refractivity contribution >= 4 is 29.9 Å². The zero-order valence-corrected chi connectivity index (χ0v) is 18.6. The van der Waals surface area contributed by atoms with E-state index in [0.717, 1.165) is 38.2 Å². The van der Waals surface area contributed by atoms with E-state index in [1.807, 2.05) is 7.05 Å². The first-order chi connectivity index (χ1) is 11.5. The fourth-order valence-corrected chi connectivity index (χ4v) is 4.82. The summed E-state index contributed by atoms with van der Waals surface area (Å²) >= 11 is 0. The van der Waals surface area contributed by atoms with Crippen molar-refractivity contribution in [3.8, 4) is 0 Å². The third kappa shape index (κ3) is 4.61. The maximum Gasteiger partial charge on any atom is 0.193 e. The lowest BCUT2D eigenvalue weighted by molar-refractivity contribution is -0.188. The van der Waals surface area contributed by atoms with E-state index in [4.69, 9.17) is 9.47 Å². The molecule has 1 saturated carbocycles. The molecule has 0 aromatic heterocycles. The molecule has 146 valence electrons. The van der Waals surface area contributed by atoms with Gasteiger partial charge in [-0.05, 0) is 38.0 Å². The molecule has 0 radical (unpaired) electrons. The highest BCUT2D eigenvalue weighted by atomic mass is 127. The second-order valence-corrected chi connectivity index (χ2v) is 8.35. The monoisotopic (exact) mass is 465 g/mol. The molecule has 0 bridgehead atoms. The Bertz CT molecular complexity index is 452. The van der Waals surface area contributed by atoms with Crippen LogP contribution in [-0.4, -0.2) is 63.5 Å². The second kappa shape index (κ2) is 9.22. The van der Waals surface area contributed by atoms with Crippen LogP contribution >= 0.6 is 24.0 Å². The van der Waals surface area contributed by atoms with E-state index in [0.29, 0.717) is 18.1 Å². The Kier molecular flexibility index (Phi) is 7.83. The average Bonchev–Trinajstić information content (AvgIpc) is 2.61. The first kappa shape index (κ1) is 21.2. The van der Waals surface area contributed by atoms with E-state index < -0.39 is 0 Å². The summed E-state index contributed by atoms with van der Waals surface area (Å²) in [5.41, 5.74) is 0.183. The van der Waals surface area contributed by atoms with Gasteiger partial charge in [-0.1, -0.05) is 13.8 Å². The van der Waals surface area contributed by atoms with Crippen molar-refractivity contribution in [3.63, 3.8) is 0 Å². The molecule has 5 nitrogen and oxygen atoms in total. The second-order valence-electron chi connectivity index (χ2n) is 8.35. The lowest BCUT2D eigenvalue weighted by atomic mass is 9.55. The molecular weight excluding hydrogens is 429 g/mol. The fraction of sp³-hybridized carbons (Fsp3) is 0.947. The van der Waals surface area contributed by atoms with Crippen molar-refractivity contribution in [2.45, 2.75) is 58.1 Å². The van der Waals surface area contributed by atoms with E-state index in [9.17, 15) is 0 Å². The maximum atomic E-state index is 6.02. The van der Waals surface area contributed by atoms with Crippen LogP contribution in [0.2, 0.25) is 0 Å². The van der Waals surface area contributed by atoms with E-state index in [1.54, 1.807) is 0 Å². The smallest absolute Gasteiger partial charge is 0.193 e. The average molecular weight is 465 g/mol. The third-order valence-corrected chi connectivity index (χ3v) is 6.40. The minimum Gasteiger partial charge on any atom is -0.381 e. The molecule has 3 unspecified atom stereocenters. The van der Waals surface area contributed by atoms with E-state index in [1.165, 1.54) is 32.1 Å². The number of rotatable bonds is 4. The van der Waals surface area contributed by atoms with Gasteiger partial charge in [0.25, 0.3) is 0 Å². The predicted octanol–water partition coefficient (Wildman–Crippen LogP) is 3.13. The summed E-state index contributed by atoms with van der Waals surface area (Å²) in [6, 6.07) is 0.465. The molecule has 1 aliphatic carbocycles. The fourth-order valence-electron chi connectivity index (χ4n) is 4.82. The topological polar surface area (TPSA) is 46.1 Å². The molecule has 0 spiro atoms. The number of fused-ring (bicyclic) bond motifs is 1. The van der Waals surface area contributed by atoms with Gasteiger partial charge in [-0.3, -0.25) is 4.99 Å². The zero-order chi connectivity index (χ0) is 17.2. The van der Waals surface area contributed by atoms with Crippen LogP contribution in [0, 0.1) is 17.3 Å². The van der Waals surface area contributed by atoms with Gasteiger partial charge in [-0.25, -0.2) is 0 Å². The quantitative estimate of drug-likeness (QED) is 0.394. The number of hydrogen-bond donors (Lipinski definition) is 1. The number of nitrogens with one attached hydrogen (secondary N) is 1. The van der Waals surface area contributed by atoms with Gasteiger partial charge in [0.05, 0.1) is 6.10 Å². The molecule has 6 heteroatoms. The Morgan fingerprint density at radius 3 is 2.60 bits per heavy atom. The summed E-state index contributed by atoms with van der Waals surface area (Å²) < 4.78 is 11.5. The van der Waals surface area contributed by atoms with Crippen LogP contribution in [0.3, 0.4) is 0 Å². The number of nitrogens with zero attached hydrogens (tertiary/aromatic N) is 2. The van der Waals surface area contributed by atoms with Crippen LogP contribution in [0.15, 0.2) is 4.99 Å². The number of aliphatic imine (C=N–C) groups is 1. The summed E-state index contributed by atoms with van der Waals surface area (Å²) in [5, 5.41) is 3.75. The normalized spacial score (nSPS) is 32.2. The molecule has 0 aromatic carbocycles. The van der Waals surface area contributed by atoms with Gasteiger partial charge in [0.2, 0.25) is 0 Å². The lowest BCUT2D eigenvalue weighted by Crippen LogP contribution is -2.71. The van der Waals surface area contributed by atoms with Crippen LogP contribution in [-0.2, 0) is 9.47 Å². The van der Waals surface area contributed by atoms with Crippen molar-refractivity contribution in [2.75, 3.05) is 40.5 Å². The molecule has 1 N–H and O–H groups in total. The SMILES string of the molecule is CN=C(NC1C2CCCOC2C1(C)C)N(C)CCC1CCOCC1.I.